The first-order valence-corrected chi connectivity index (χ1v) is 12.4. The number of nitrogens with zero attached hydrogens (tertiary/aromatic N) is 2. The number of hydrogen-bond acceptors (Lipinski definition) is 8. The lowest BCUT2D eigenvalue weighted by Crippen LogP contribution is -2.39. The first kappa shape index (κ1) is 25.2. The van der Waals surface area contributed by atoms with E-state index in [1.54, 1.807) is 25.1 Å². The van der Waals surface area contributed by atoms with Crippen LogP contribution in [0.5, 0.6) is 17.2 Å². The predicted molar refractivity (Wildman–Crippen MR) is 137 cm³/mol. The van der Waals surface area contributed by atoms with Crippen LogP contribution in [-0.2, 0) is 9.53 Å². The number of carbonyl (C=O) groups excluding carboxylic acids is 1. The van der Waals surface area contributed by atoms with Gasteiger partial charge in [0.1, 0.15) is 5.75 Å². The van der Waals surface area contributed by atoms with Gasteiger partial charge in [-0.05, 0) is 54.8 Å². The minimum absolute atomic E-state index is 0.0107. The highest BCUT2D eigenvalue weighted by Crippen LogP contribution is 2.31. The maximum absolute atomic E-state index is 13.6. The number of carbonyl (C=O) groups is 1. The zero-order valence-electron chi connectivity index (χ0n) is 20.6. The summed E-state index contributed by atoms with van der Waals surface area (Å²) in [6.07, 6.45) is 3.71. The van der Waals surface area contributed by atoms with Crippen LogP contribution in [0, 0.1) is 0 Å². The molecule has 188 valence electrons. The summed E-state index contributed by atoms with van der Waals surface area (Å²) in [5.74, 6) is 0.499. The van der Waals surface area contributed by atoms with Gasteiger partial charge in [0.25, 0.3) is 5.56 Å². The summed E-state index contributed by atoms with van der Waals surface area (Å²) >= 11 is 1.23. The second-order valence-electron chi connectivity index (χ2n) is 8.28. The molecule has 1 aromatic heterocycles. The summed E-state index contributed by atoms with van der Waals surface area (Å²) in [4.78, 5) is 31.5. The normalized spacial score (nSPS) is 15.3. The average molecular weight is 509 g/mol. The molecule has 0 aliphatic carbocycles. The average Bonchev–Trinajstić information content (AvgIpc) is 3.18. The van der Waals surface area contributed by atoms with Crippen molar-refractivity contribution in [3.8, 4) is 17.2 Å². The lowest BCUT2D eigenvalue weighted by atomic mass is 9.96. The Bertz CT molecular complexity index is 1480. The Morgan fingerprint density at radius 2 is 1.94 bits per heavy atom. The summed E-state index contributed by atoms with van der Waals surface area (Å²) in [6.45, 7) is 4.47. The van der Waals surface area contributed by atoms with E-state index in [2.05, 4.69) is 11.9 Å². The van der Waals surface area contributed by atoms with Crippen molar-refractivity contribution in [2.24, 2.45) is 4.99 Å². The molecule has 2 aromatic carbocycles. The lowest BCUT2D eigenvalue weighted by molar-refractivity contribution is -0.136. The van der Waals surface area contributed by atoms with Gasteiger partial charge in [-0.25, -0.2) is 9.79 Å². The van der Waals surface area contributed by atoms with Crippen LogP contribution in [0.1, 0.15) is 43.9 Å². The van der Waals surface area contributed by atoms with Crippen LogP contribution >= 0.6 is 11.3 Å². The molecule has 0 bridgehead atoms. The molecule has 1 N–H and O–H groups in total. The molecule has 36 heavy (non-hydrogen) atoms. The fourth-order valence-corrected chi connectivity index (χ4v) is 5.07. The summed E-state index contributed by atoms with van der Waals surface area (Å²) in [7, 11) is 2.78. The number of allylic oxidation sites excluding steroid dienone is 1. The van der Waals surface area contributed by atoms with Gasteiger partial charge in [0.2, 0.25) is 0 Å². The molecule has 0 amide bonds. The zero-order chi connectivity index (χ0) is 25.8. The van der Waals surface area contributed by atoms with Crippen LogP contribution in [0.15, 0.2) is 63.5 Å². The number of aromatic nitrogens is 1. The molecule has 1 unspecified atom stereocenters. The molecule has 9 heteroatoms. The van der Waals surface area contributed by atoms with Crippen molar-refractivity contribution >= 4 is 23.4 Å². The van der Waals surface area contributed by atoms with Crippen LogP contribution in [0.2, 0.25) is 0 Å². The number of unbranched alkanes of at least 4 members (excludes halogenated alkanes) is 1. The van der Waals surface area contributed by atoms with E-state index in [4.69, 9.17) is 14.2 Å². The smallest absolute Gasteiger partial charge is 0.338 e. The van der Waals surface area contributed by atoms with E-state index in [0.29, 0.717) is 38.5 Å². The van der Waals surface area contributed by atoms with E-state index < -0.39 is 12.0 Å². The Morgan fingerprint density at radius 3 is 2.61 bits per heavy atom. The number of aromatic hydroxyl groups is 1. The van der Waals surface area contributed by atoms with Crippen LogP contribution in [0.25, 0.3) is 6.08 Å². The number of esters is 1. The molecule has 1 aliphatic heterocycles. The molecule has 4 rings (SSSR count). The summed E-state index contributed by atoms with van der Waals surface area (Å²) < 4.78 is 18.0. The van der Waals surface area contributed by atoms with Crippen molar-refractivity contribution in [3.63, 3.8) is 0 Å². The molecule has 1 atom stereocenters. The first-order valence-electron chi connectivity index (χ1n) is 11.6. The summed E-state index contributed by atoms with van der Waals surface area (Å²) in [6, 6.07) is 11.5. The van der Waals surface area contributed by atoms with Gasteiger partial charge in [-0.1, -0.05) is 42.9 Å². The molecule has 2 heterocycles. The number of thiazole rings is 1. The van der Waals surface area contributed by atoms with Gasteiger partial charge in [-0.3, -0.25) is 9.36 Å². The van der Waals surface area contributed by atoms with E-state index in [1.807, 2.05) is 24.3 Å². The number of fused-ring (bicyclic) bond motifs is 1. The quantitative estimate of drug-likeness (QED) is 0.370. The van der Waals surface area contributed by atoms with E-state index in [-0.39, 0.29) is 11.3 Å². The van der Waals surface area contributed by atoms with Gasteiger partial charge in [0.15, 0.2) is 16.3 Å². The number of methoxy groups -OCH3 is 2. The van der Waals surface area contributed by atoms with Gasteiger partial charge in [0, 0.05) is 0 Å². The summed E-state index contributed by atoms with van der Waals surface area (Å²) in [5, 5.41) is 9.89. The van der Waals surface area contributed by atoms with E-state index in [1.165, 1.54) is 36.2 Å². The number of benzene rings is 2. The van der Waals surface area contributed by atoms with Gasteiger partial charge < -0.3 is 19.3 Å². The maximum atomic E-state index is 13.6. The zero-order valence-corrected chi connectivity index (χ0v) is 21.4. The third kappa shape index (κ3) is 4.92. The number of phenolic OH excluding ortho intramolecular Hbond substituents is 1. The molecule has 3 aromatic rings. The first-order chi connectivity index (χ1) is 17.4. The minimum Gasteiger partial charge on any atom is -0.504 e. The lowest BCUT2D eigenvalue weighted by Gasteiger charge is -2.24. The van der Waals surface area contributed by atoms with Crippen LogP contribution < -0.4 is 24.4 Å². The second kappa shape index (κ2) is 10.8. The molecule has 0 fully saturated rings. The molecular formula is C27H28N2O6S. The molecule has 0 saturated heterocycles. The monoisotopic (exact) mass is 508 g/mol. The Labute approximate surface area is 212 Å². The largest absolute Gasteiger partial charge is 0.504 e. The standard InChI is InChI=1S/C27H28N2O6S/c1-5-6-13-35-19-10-8-18(9-11-19)24-23(26(32)34-4)16(2)28-27-29(24)25(31)22(36-27)15-17-7-12-20(30)21(14-17)33-3/h7-12,14-15,24,30H,5-6,13H2,1-4H3. The molecule has 1 aliphatic rings. The predicted octanol–water partition coefficient (Wildman–Crippen LogP) is 3.30. The van der Waals surface area contributed by atoms with Gasteiger partial charge >= 0.3 is 5.97 Å². The van der Waals surface area contributed by atoms with Gasteiger partial charge in [-0.2, -0.15) is 0 Å². The molecule has 0 saturated carbocycles. The van der Waals surface area contributed by atoms with Crippen LogP contribution in [0.4, 0.5) is 0 Å². The highest BCUT2D eigenvalue weighted by atomic mass is 32.1. The van der Waals surface area contributed by atoms with Crippen LogP contribution in [-0.4, -0.2) is 36.5 Å². The van der Waals surface area contributed by atoms with Crippen molar-refractivity contribution in [1.82, 2.24) is 4.57 Å². The van der Waals surface area contributed by atoms with E-state index in [9.17, 15) is 14.7 Å². The Balaban J connectivity index is 1.84. The topological polar surface area (TPSA) is 99.4 Å². The number of ether oxygens (including phenoxy) is 3. The Morgan fingerprint density at radius 1 is 1.19 bits per heavy atom. The molecule has 0 spiro atoms. The Hall–Kier alpha value is -3.85. The van der Waals surface area contributed by atoms with Crippen molar-refractivity contribution in [3.05, 3.63) is 84.5 Å². The minimum atomic E-state index is -0.699. The third-order valence-corrected chi connectivity index (χ3v) is 6.87. The fourth-order valence-electron chi connectivity index (χ4n) is 4.02. The highest BCUT2D eigenvalue weighted by Gasteiger charge is 2.33. The Kier molecular flexibility index (Phi) is 7.59. The van der Waals surface area contributed by atoms with Gasteiger partial charge in [0.05, 0.1) is 42.7 Å². The number of rotatable bonds is 8. The number of hydrogen-bond donors (Lipinski definition) is 1. The van der Waals surface area contributed by atoms with Crippen molar-refractivity contribution in [1.29, 1.82) is 0 Å². The SMILES string of the molecule is CCCCOc1ccc(C2C(C(=O)OC)=C(C)N=c3sc(=Cc4ccc(O)c(OC)c4)c(=O)n32)cc1. The van der Waals surface area contributed by atoms with Crippen molar-refractivity contribution in [2.75, 3.05) is 20.8 Å². The van der Waals surface area contributed by atoms with E-state index >= 15 is 0 Å². The van der Waals surface area contributed by atoms with Crippen LogP contribution in [0.3, 0.4) is 0 Å². The molecular weight excluding hydrogens is 480 g/mol. The summed E-state index contributed by atoms with van der Waals surface area (Å²) in [5.41, 5.74) is 1.94. The molecule has 0 radical (unpaired) electrons. The second-order valence-corrected chi connectivity index (χ2v) is 9.28. The van der Waals surface area contributed by atoms with E-state index in [0.717, 1.165) is 24.2 Å². The molecule has 8 nitrogen and oxygen atoms in total. The highest BCUT2D eigenvalue weighted by molar-refractivity contribution is 7.07. The fraction of sp³-hybridized carbons (Fsp3) is 0.296. The van der Waals surface area contributed by atoms with Crippen molar-refractivity contribution in [2.45, 2.75) is 32.7 Å². The van der Waals surface area contributed by atoms with Crippen molar-refractivity contribution < 1.29 is 24.1 Å². The third-order valence-electron chi connectivity index (χ3n) is 5.89. The van der Waals surface area contributed by atoms with Gasteiger partial charge in [-0.15, -0.1) is 0 Å². The maximum Gasteiger partial charge on any atom is 0.338 e. The number of phenols is 1.